The lowest BCUT2D eigenvalue weighted by Crippen LogP contribution is -2.37. The maximum absolute atomic E-state index is 11.7. The van der Waals surface area contributed by atoms with Gasteiger partial charge < -0.3 is 4.18 Å². The first-order chi connectivity index (χ1) is 9.05. The lowest BCUT2D eigenvalue weighted by Gasteiger charge is -2.26. The molecule has 1 unspecified atom stereocenters. The average Bonchev–Trinajstić information content (AvgIpc) is 2.37. The fourth-order valence-electron chi connectivity index (χ4n) is 2.15. The molecular formula is C14H13NO3S. The topological polar surface area (TPSA) is 55.4 Å². The van der Waals surface area contributed by atoms with Crippen LogP contribution < -0.4 is 8.91 Å². The number of benzene rings is 2. The van der Waals surface area contributed by atoms with Gasteiger partial charge in [0.05, 0.1) is 6.04 Å². The minimum absolute atomic E-state index is 0.381. The van der Waals surface area contributed by atoms with Crippen LogP contribution in [0.2, 0.25) is 0 Å². The van der Waals surface area contributed by atoms with E-state index in [2.05, 4.69) is 4.72 Å². The van der Waals surface area contributed by atoms with Gasteiger partial charge >= 0.3 is 10.3 Å². The maximum Gasteiger partial charge on any atom is 0.383 e. The van der Waals surface area contributed by atoms with Crippen LogP contribution in [-0.2, 0) is 10.3 Å². The Hall–Kier alpha value is -1.85. The van der Waals surface area contributed by atoms with Crippen molar-refractivity contribution in [3.63, 3.8) is 0 Å². The Morgan fingerprint density at radius 3 is 2.47 bits per heavy atom. The first-order valence-corrected chi connectivity index (χ1v) is 7.33. The summed E-state index contributed by atoms with van der Waals surface area (Å²) >= 11 is 0. The van der Waals surface area contributed by atoms with Crippen LogP contribution in [0.5, 0.6) is 5.75 Å². The number of fused-ring (bicyclic) bond motifs is 1. The van der Waals surface area contributed by atoms with Crippen LogP contribution >= 0.6 is 0 Å². The van der Waals surface area contributed by atoms with E-state index in [1.54, 1.807) is 12.1 Å². The number of aryl methyl sites for hydroxylation is 1. The van der Waals surface area contributed by atoms with E-state index < -0.39 is 16.3 Å². The van der Waals surface area contributed by atoms with Crippen molar-refractivity contribution < 1.29 is 12.6 Å². The van der Waals surface area contributed by atoms with Crippen LogP contribution in [0.1, 0.15) is 22.7 Å². The Morgan fingerprint density at radius 2 is 1.74 bits per heavy atom. The van der Waals surface area contributed by atoms with Crippen LogP contribution in [0.3, 0.4) is 0 Å². The lowest BCUT2D eigenvalue weighted by atomic mass is 9.98. The van der Waals surface area contributed by atoms with Gasteiger partial charge in [-0.1, -0.05) is 48.0 Å². The summed E-state index contributed by atoms with van der Waals surface area (Å²) in [5.41, 5.74) is 2.85. The molecule has 19 heavy (non-hydrogen) atoms. The molecule has 1 atom stereocenters. The molecule has 0 aliphatic carbocycles. The number of hydrogen-bond donors (Lipinski definition) is 1. The van der Waals surface area contributed by atoms with Gasteiger partial charge in [-0.25, -0.2) is 0 Å². The third-order valence-electron chi connectivity index (χ3n) is 3.10. The van der Waals surface area contributed by atoms with E-state index in [0.29, 0.717) is 5.75 Å². The van der Waals surface area contributed by atoms with E-state index in [1.165, 1.54) is 0 Å². The SMILES string of the molecule is Cc1ccc(C2NS(=O)(=O)Oc3ccccc32)cc1. The van der Waals surface area contributed by atoms with Gasteiger partial charge in [0, 0.05) is 5.56 Å². The molecule has 1 heterocycles. The third kappa shape index (κ3) is 2.34. The van der Waals surface area contributed by atoms with Gasteiger partial charge in [-0.3, -0.25) is 0 Å². The molecule has 1 N–H and O–H groups in total. The second-order valence-corrected chi connectivity index (χ2v) is 5.85. The average molecular weight is 275 g/mol. The Kier molecular flexibility index (Phi) is 2.80. The molecule has 0 fully saturated rings. The van der Waals surface area contributed by atoms with E-state index in [4.69, 9.17) is 4.18 Å². The molecule has 2 aromatic carbocycles. The van der Waals surface area contributed by atoms with E-state index in [9.17, 15) is 8.42 Å². The highest BCUT2D eigenvalue weighted by molar-refractivity contribution is 7.85. The molecule has 3 rings (SSSR count). The molecule has 0 aromatic heterocycles. The van der Waals surface area contributed by atoms with Crippen molar-refractivity contribution in [2.24, 2.45) is 0 Å². The van der Waals surface area contributed by atoms with Gasteiger partial charge in [0.2, 0.25) is 0 Å². The predicted octanol–water partition coefficient (Wildman–Crippen LogP) is 2.31. The summed E-state index contributed by atoms with van der Waals surface area (Å²) in [6.45, 7) is 1.99. The fraction of sp³-hybridized carbons (Fsp3) is 0.143. The normalized spacial score (nSPS) is 20.4. The highest BCUT2D eigenvalue weighted by Gasteiger charge is 2.30. The van der Waals surface area contributed by atoms with Crippen LogP contribution in [-0.4, -0.2) is 8.42 Å². The molecular weight excluding hydrogens is 262 g/mol. The number of rotatable bonds is 1. The molecule has 0 bridgehead atoms. The largest absolute Gasteiger partial charge is 0.383 e. The summed E-state index contributed by atoms with van der Waals surface area (Å²) in [5.74, 6) is 0.381. The molecule has 0 saturated heterocycles. The fourth-order valence-corrected chi connectivity index (χ4v) is 3.14. The first kappa shape index (κ1) is 12.2. The summed E-state index contributed by atoms with van der Waals surface area (Å²) in [6, 6.07) is 14.5. The second kappa shape index (κ2) is 4.36. The van der Waals surface area contributed by atoms with Crippen molar-refractivity contribution in [2.45, 2.75) is 13.0 Å². The van der Waals surface area contributed by atoms with E-state index in [0.717, 1.165) is 16.7 Å². The summed E-state index contributed by atoms with van der Waals surface area (Å²) in [4.78, 5) is 0. The van der Waals surface area contributed by atoms with Crippen molar-refractivity contribution in [2.75, 3.05) is 0 Å². The molecule has 4 nitrogen and oxygen atoms in total. The third-order valence-corrected chi connectivity index (χ3v) is 4.03. The maximum atomic E-state index is 11.7. The zero-order valence-corrected chi connectivity index (χ0v) is 11.1. The summed E-state index contributed by atoms with van der Waals surface area (Å²) in [6.07, 6.45) is 0. The summed E-state index contributed by atoms with van der Waals surface area (Å²) in [7, 11) is -3.75. The van der Waals surface area contributed by atoms with Crippen molar-refractivity contribution in [1.29, 1.82) is 0 Å². The molecule has 2 aromatic rings. The van der Waals surface area contributed by atoms with Gasteiger partial charge in [0.1, 0.15) is 5.75 Å². The Bertz CT molecular complexity index is 708. The Labute approximate surface area is 112 Å². The number of hydrogen-bond acceptors (Lipinski definition) is 3. The van der Waals surface area contributed by atoms with Crippen molar-refractivity contribution in [3.05, 3.63) is 65.2 Å². The van der Waals surface area contributed by atoms with Gasteiger partial charge in [-0.2, -0.15) is 13.1 Å². The minimum atomic E-state index is -3.75. The monoisotopic (exact) mass is 275 g/mol. The van der Waals surface area contributed by atoms with E-state index >= 15 is 0 Å². The molecule has 0 radical (unpaired) electrons. The summed E-state index contributed by atoms with van der Waals surface area (Å²) in [5, 5.41) is 0. The molecule has 0 spiro atoms. The van der Waals surface area contributed by atoms with Crippen LogP contribution in [0.25, 0.3) is 0 Å². The summed E-state index contributed by atoms with van der Waals surface area (Å²) < 4.78 is 31.0. The second-order valence-electron chi connectivity index (χ2n) is 4.54. The van der Waals surface area contributed by atoms with Crippen LogP contribution in [0.15, 0.2) is 48.5 Å². The van der Waals surface area contributed by atoms with Crippen LogP contribution in [0, 0.1) is 6.92 Å². The first-order valence-electron chi connectivity index (χ1n) is 5.92. The van der Waals surface area contributed by atoms with Gasteiger partial charge in [0.15, 0.2) is 0 Å². The predicted molar refractivity (Wildman–Crippen MR) is 72.1 cm³/mol. The van der Waals surface area contributed by atoms with E-state index in [1.807, 2.05) is 43.3 Å². The Morgan fingerprint density at radius 1 is 1.05 bits per heavy atom. The lowest BCUT2D eigenvalue weighted by molar-refractivity contribution is 0.442. The molecule has 1 aliphatic heterocycles. The van der Waals surface area contributed by atoms with Crippen LogP contribution in [0.4, 0.5) is 0 Å². The molecule has 1 aliphatic rings. The number of para-hydroxylation sites is 1. The van der Waals surface area contributed by atoms with Gasteiger partial charge in [-0.05, 0) is 18.6 Å². The van der Waals surface area contributed by atoms with Gasteiger partial charge in [0.25, 0.3) is 0 Å². The Balaban J connectivity index is 2.13. The standard InChI is InChI=1S/C14H13NO3S/c1-10-6-8-11(9-7-10)14-12-4-2-3-5-13(12)18-19(16,17)15-14/h2-9,14-15H,1H3. The zero-order valence-electron chi connectivity index (χ0n) is 10.3. The van der Waals surface area contributed by atoms with Gasteiger partial charge in [-0.15, -0.1) is 0 Å². The minimum Gasteiger partial charge on any atom is -0.371 e. The quantitative estimate of drug-likeness (QED) is 0.869. The van der Waals surface area contributed by atoms with E-state index in [-0.39, 0.29) is 0 Å². The molecule has 5 heteroatoms. The highest BCUT2D eigenvalue weighted by Crippen LogP contribution is 2.34. The van der Waals surface area contributed by atoms with Crippen molar-refractivity contribution >= 4 is 10.3 Å². The van der Waals surface area contributed by atoms with Crippen molar-refractivity contribution in [3.8, 4) is 5.75 Å². The smallest absolute Gasteiger partial charge is 0.371 e. The highest BCUT2D eigenvalue weighted by atomic mass is 32.2. The molecule has 0 amide bonds. The van der Waals surface area contributed by atoms with Crippen molar-refractivity contribution in [1.82, 2.24) is 4.72 Å². The molecule has 98 valence electrons. The number of nitrogens with one attached hydrogen (secondary N) is 1. The molecule has 0 saturated carbocycles. The zero-order chi connectivity index (χ0) is 13.5.